The second-order valence-corrected chi connectivity index (χ2v) is 9.87. The van der Waals surface area contributed by atoms with Gasteiger partial charge in [0.25, 0.3) is 5.56 Å². The molecule has 3 aromatic carbocycles. The number of nitrogens with zero attached hydrogens (tertiary/aromatic N) is 2. The molecule has 0 bridgehead atoms. The number of aromatic nitrogens is 2. The molecule has 40 heavy (non-hydrogen) atoms. The smallest absolute Gasteiger partial charge is 0.302 e. The van der Waals surface area contributed by atoms with Crippen molar-refractivity contribution in [1.82, 2.24) is 9.55 Å². The van der Waals surface area contributed by atoms with E-state index in [9.17, 15) is 9.90 Å². The van der Waals surface area contributed by atoms with Crippen LogP contribution in [0.4, 0.5) is 0 Å². The lowest BCUT2D eigenvalue weighted by Gasteiger charge is -2.37. The maximum Gasteiger partial charge on any atom is 0.302 e. The molecule has 0 spiro atoms. The minimum absolute atomic E-state index is 0.0480. The summed E-state index contributed by atoms with van der Waals surface area (Å²) in [5, 5.41) is 11.2. The quantitative estimate of drug-likeness (QED) is 0.337. The summed E-state index contributed by atoms with van der Waals surface area (Å²) in [5.41, 5.74) is 1.69. The molecular formula is C31H30N2O7. The molecule has 9 heteroatoms. The molecule has 0 radical (unpaired) electrons. The summed E-state index contributed by atoms with van der Waals surface area (Å²) in [5.74, 6) is 1.45. The van der Waals surface area contributed by atoms with Crippen molar-refractivity contribution in [1.29, 1.82) is 0 Å². The molecule has 1 aromatic heterocycles. The van der Waals surface area contributed by atoms with Crippen LogP contribution in [0.3, 0.4) is 0 Å². The molecule has 1 saturated heterocycles. The summed E-state index contributed by atoms with van der Waals surface area (Å²) in [4.78, 5) is 16.0. The molecule has 4 atom stereocenters. The highest BCUT2D eigenvalue weighted by molar-refractivity contribution is 5.49. The highest BCUT2D eigenvalue weighted by atomic mass is 16.6. The molecule has 206 valence electrons. The van der Waals surface area contributed by atoms with Crippen LogP contribution in [0.1, 0.15) is 28.5 Å². The number of methoxy groups -OCH3 is 2. The van der Waals surface area contributed by atoms with Crippen LogP contribution in [-0.2, 0) is 15.1 Å². The first-order valence-corrected chi connectivity index (χ1v) is 13.0. The Morgan fingerprint density at radius 3 is 2.05 bits per heavy atom. The molecule has 0 saturated carbocycles. The minimum Gasteiger partial charge on any atom is -0.497 e. The van der Waals surface area contributed by atoms with Crippen molar-refractivity contribution < 1.29 is 28.8 Å². The first-order valence-electron chi connectivity index (χ1n) is 13.0. The van der Waals surface area contributed by atoms with E-state index in [-0.39, 0.29) is 18.2 Å². The van der Waals surface area contributed by atoms with Crippen molar-refractivity contribution in [3.63, 3.8) is 0 Å². The largest absolute Gasteiger partial charge is 0.497 e. The topological polar surface area (TPSA) is 101 Å². The molecule has 1 fully saturated rings. The number of hydrogen-bond donors (Lipinski definition) is 1. The second kappa shape index (κ2) is 10.4. The van der Waals surface area contributed by atoms with E-state index in [0.29, 0.717) is 5.56 Å². The molecule has 4 aromatic rings. The number of fused-ring (bicyclic) bond motifs is 3. The van der Waals surface area contributed by atoms with Crippen molar-refractivity contribution in [2.45, 2.75) is 37.1 Å². The standard InChI is InChI=1S/C31H30N2O7/c1-19-17-33-29-27(40-30(33)32-28(19)35)26(34)25(39-29)18-38-31(20-7-5-4-6-8-20,21-9-13-23(36-2)14-10-21)22-11-15-24(37-3)16-12-22/h4-17,25-27,29,34H,18H2,1-3H3/t25-,26?,27-,29-/m1/s1. The fraction of sp³-hybridized carbons (Fsp3) is 0.290. The first kappa shape index (κ1) is 26.1. The summed E-state index contributed by atoms with van der Waals surface area (Å²) in [6, 6.07) is 25.5. The van der Waals surface area contributed by atoms with E-state index in [1.165, 1.54) is 0 Å². The minimum atomic E-state index is -1.05. The Balaban J connectivity index is 1.39. The lowest BCUT2D eigenvalue weighted by Crippen LogP contribution is -2.40. The van der Waals surface area contributed by atoms with Gasteiger partial charge in [-0.2, -0.15) is 4.98 Å². The van der Waals surface area contributed by atoms with Crippen LogP contribution in [-0.4, -0.2) is 53.8 Å². The van der Waals surface area contributed by atoms with Gasteiger partial charge in [0.1, 0.15) is 29.3 Å². The zero-order chi connectivity index (χ0) is 27.9. The highest BCUT2D eigenvalue weighted by Crippen LogP contribution is 2.44. The van der Waals surface area contributed by atoms with Gasteiger partial charge in [0.2, 0.25) is 0 Å². The predicted octanol–water partition coefficient (Wildman–Crippen LogP) is 3.60. The Morgan fingerprint density at radius 1 is 0.900 bits per heavy atom. The third kappa shape index (κ3) is 4.32. The lowest BCUT2D eigenvalue weighted by molar-refractivity contribution is -0.0936. The fourth-order valence-electron chi connectivity index (χ4n) is 5.43. The Hall–Kier alpha value is -4.18. The number of benzene rings is 3. The van der Waals surface area contributed by atoms with Gasteiger partial charge in [-0.25, -0.2) is 0 Å². The van der Waals surface area contributed by atoms with Crippen LogP contribution in [0.5, 0.6) is 17.5 Å². The van der Waals surface area contributed by atoms with Crippen molar-refractivity contribution in [3.8, 4) is 17.5 Å². The van der Waals surface area contributed by atoms with Gasteiger partial charge in [-0.1, -0.05) is 54.6 Å². The van der Waals surface area contributed by atoms with E-state index in [1.807, 2.05) is 78.9 Å². The van der Waals surface area contributed by atoms with Gasteiger partial charge in [0.05, 0.1) is 20.8 Å². The Kier molecular flexibility index (Phi) is 6.79. The van der Waals surface area contributed by atoms with Crippen LogP contribution >= 0.6 is 0 Å². The Labute approximate surface area is 231 Å². The van der Waals surface area contributed by atoms with Crippen LogP contribution in [0.15, 0.2) is 89.9 Å². The van der Waals surface area contributed by atoms with Crippen molar-refractivity contribution >= 4 is 0 Å². The van der Waals surface area contributed by atoms with Crippen LogP contribution in [0.25, 0.3) is 0 Å². The average molecular weight is 543 g/mol. The molecule has 2 aliphatic rings. The fourth-order valence-corrected chi connectivity index (χ4v) is 5.43. The molecule has 6 rings (SSSR count). The molecule has 0 amide bonds. The maximum absolute atomic E-state index is 12.0. The predicted molar refractivity (Wildman–Crippen MR) is 146 cm³/mol. The van der Waals surface area contributed by atoms with E-state index in [4.69, 9.17) is 23.7 Å². The van der Waals surface area contributed by atoms with Crippen molar-refractivity contribution in [3.05, 3.63) is 118 Å². The van der Waals surface area contributed by atoms with Crippen molar-refractivity contribution in [2.24, 2.45) is 0 Å². The number of aryl methyl sites for hydroxylation is 1. The highest BCUT2D eigenvalue weighted by Gasteiger charge is 2.52. The van der Waals surface area contributed by atoms with Crippen LogP contribution in [0, 0.1) is 6.92 Å². The Morgan fingerprint density at radius 2 is 1.48 bits per heavy atom. The van der Waals surface area contributed by atoms with E-state index in [1.54, 1.807) is 31.9 Å². The van der Waals surface area contributed by atoms with Gasteiger partial charge in [-0.15, -0.1) is 0 Å². The summed E-state index contributed by atoms with van der Waals surface area (Å²) in [6.07, 6.45) is -1.41. The molecule has 3 heterocycles. The zero-order valence-electron chi connectivity index (χ0n) is 22.4. The summed E-state index contributed by atoms with van der Waals surface area (Å²) in [6.45, 7) is 1.73. The van der Waals surface area contributed by atoms with Gasteiger partial charge in [-0.05, 0) is 47.9 Å². The van der Waals surface area contributed by atoms with Gasteiger partial charge in [0, 0.05) is 11.8 Å². The number of aliphatic hydroxyl groups is 1. The average Bonchev–Trinajstić information content (AvgIpc) is 3.49. The van der Waals surface area contributed by atoms with Gasteiger partial charge < -0.3 is 28.8 Å². The number of rotatable bonds is 8. The van der Waals surface area contributed by atoms with Gasteiger partial charge >= 0.3 is 6.01 Å². The van der Waals surface area contributed by atoms with E-state index in [0.717, 1.165) is 28.2 Å². The Bertz CT molecular complexity index is 1490. The molecule has 0 aliphatic carbocycles. The molecule has 1 N–H and O–H groups in total. The van der Waals surface area contributed by atoms with Crippen LogP contribution < -0.4 is 19.8 Å². The SMILES string of the molecule is COc1ccc(C(OC[C@H]2O[C@@H]3[C@H](Oc4nc(=O)c(C)cn43)C2O)(c2ccccc2)c2ccc(OC)cc2)cc1. The summed E-state index contributed by atoms with van der Waals surface area (Å²) >= 11 is 0. The van der Waals surface area contributed by atoms with Crippen LogP contribution in [0.2, 0.25) is 0 Å². The monoisotopic (exact) mass is 542 g/mol. The van der Waals surface area contributed by atoms with E-state index in [2.05, 4.69) is 4.98 Å². The first-order chi connectivity index (χ1) is 19.4. The summed E-state index contributed by atoms with van der Waals surface area (Å²) in [7, 11) is 3.25. The molecule has 2 aliphatic heterocycles. The van der Waals surface area contributed by atoms with Gasteiger partial charge in [-0.3, -0.25) is 9.36 Å². The van der Waals surface area contributed by atoms with E-state index >= 15 is 0 Å². The number of hydrogen-bond acceptors (Lipinski definition) is 8. The van der Waals surface area contributed by atoms with E-state index < -0.39 is 30.1 Å². The lowest BCUT2D eigenvalue weighted by atomic mass is 9.80. The number of aliphatic hydroxyl groups excluding tert-OH is 1. The molecule has 1 unspecified atom stereocenters. The second-order valence-electron chi connectivity index (χ2n) is 9.87. The maximum atomic E-state index is 12.0. The molecular weight excluding hydrogens is 512 g/mol. The van der Waals surface area contributed by atoms with Gasteiger partial charge in [0.15, 0.2) is 12.3 Å². The molecule has 9 nitrogen and oxygen atoms in total. The third-order valence-corrected chi connectivity index (χ3v) is 7.55. The van der Waals surface area contributed by atoms with Crippen molar-refractivity contribution in [2.75, 3.05) is 20.8 Å². The third-order valence-electron chi connectivity index (χ3n) is 7.55. The number of ether oxygens (including phenoxy) is 5. The summed E-state index contributed by atoms with van der Waals surface area (Å²) < 4.78 is 31.5. The zero-order valence-corrected chi connectivity index (χ0v) is 22.4. The normalized spacial score (nSPS) is 21.4.